The summed E-state index contributed by atoms with van der Waals surface area (Å²) < 4.78 is 20.9. The van der Waals surface area contributed by atoms with Crippen LogP contribution in [0.15, 0.2) is 0 Å². The molecule has 0 saturated heterocycles. The molecule has 0 heterocycles. The lowest BCUT2D eigenvalue weighted by atomic mass is 10.4. The van der Waals surface area contributed by atoms with E-state index in [1.807, 2.05) is 0 Å². The van der Waals surface area contributed by atoms with Crippen molar-refractivity contribution in [2.75, 3.05) is 12.0 Å². The number of terminal acetylenes is 1. The molecule has 0 radical (unpaired) electrons. The molecule has 0 aliphatic heterocycles. The van der Waals surface area contributed by atoms with Crippen LogP contribution in [0, 0.1) is 12.3 Å². The van der Waals surface area contributed by atoms with Crippen LogP contribution in [0.2, 0.25) is 0 Å². The van der Waals surface area contributed by atoms with Gasteiger partial charge in [0.05, 0.1) is 5.75 Å². The zero-order chi connectivity index (χ0) is 7.33. The minimum Gasteiger partial charge on any atom is -0.229 e. The van der Waals surface area contributed by atoms with Crippen molar-refractivity contribution in [3.8, 4) is 12.3 Å². The molecule has 0 N–H and O–H groups in total. The van der Waals surface area contributed by atoms with E-state index in [1.54, 1.807) is 0 Å². The highest BCUT2D eigenvalue weighted by molar-refractivity contribution is 7.90. The fourth-order valence-corrected chi connectivity index (χ4v) is 1.11. The normalized spacial score (nSPS) is 10.7. The molecule has 0 aromatic carbocycles. The van der Waals surface area contributed by atoms with Crippen molar-refractivity contribution >= 4 is 9.84 Å². The Kier molecular flexibility index (Phi) is 3.33. The summed E-state index contributed by atoms with van der Waals surface area (Å²) in [6, 6.07) is 0. The number of hydrogen-bond acceptors (Lipinski definition) is 2. The van der Waals surface area contributed by atoms with Crippen molar-refractivity contribution < 1.29 is 8.42 Å². The van der Waals surface area contributed by atoms with Crippen molar-refractivity contribution in [1.82, 2.24) is 0 Å². The van der Waals surface area contributed by atoms with E-state index >= 15 is 0 Å². The molecule has 0 aromatic rings. The van der Waals surface area contributed by atoms with Gasteiger partial charge in [0.15, 0.2) is 0 Å². The summed E-state index contributed by atoms with van der Waals surface area (Å²) in [6.07, 6.45) is 7.25. The van der Waals surface area contributed by atoms with Crippen LogP contribution in [0.25, 0.3) is 0 Å². The number of sulfone groups is 1. The summed E-state index contributed by atoms with van der Waals surface area (Å²) in [5.41, 5.74) is 0. The first-order valence-electron chi connectivity index (χ1n) is 2.67. The highest BCUT2D eigenvalue weighted by Gasteiger charge is 1.98. The van der Waals surface area contributed by atoms with Gasteiger partial charge in [-0.25, -0.2) is 8.42 Å². The van der Waals surface area contributed by atoms with Gasteiger partial charge in [0.1, 0.15) is 9.84 Å². The van der Waals surface area contributed by atoms with Crippen LogP contribution < -0.4 is 0 Å². The van der Waals surface area contributed by atoms with E-state index in [0.29, 0.717) is 12.8 Å². The maximum absolute atomic E-state index is 10.4. The number of unbranched alkanes of at least 4 members (excludes halogenated alkanes) is 1. The van der Waals surface area contributed by atoms with E-state index in [4.69, 9.17) is 6.42 Å². The fraction of sp³-hybridized carbons (Fsp3) is 0.667. The average molecular weight is 146 g/mol. The van der Waals surface area contributed by atoms with Gasteiger partial charge in [-0.2, -0.15) is 0 Å². The van der Waals surface area contributed by atoms with Crippen LogP contribution in [0.4, 0.5) is 0 Å². The first-order valence-corrected chi connectivity index (χ1v) is 4.73. The lowest BCUT2D eigenvalue weighted by Crippen LogP contribution is -2.01. The second-order valence-electron chi connectivity index (χ2n) is 1.94. The van der Waals surface area contributed by atoms with E-state index in [0.717, 1.165) is 0 Å². The van der Waals surface area contributed by atoms with Gasteiger partial charge in [0.2, 0.25) is 0 Å². The molecule has 0 atom stereocenters. The molecule has 0 fully saturated rings. The molecule has 0 rings (SSSR count). The summed E-state index contributed by atoms with van der Waals surface area (Å²) in [5.74, 6) is 2.58. The third-order valence-corrected chi connectivity index (χ3v) is 1.87. The Hall–Kier alpha value is -0.490. The average Bonchev–Trinajstić information content (AvgIpc) is 1.63. The third-order valence-electron chi connectivity index (χ3n) is 0.836. The molecular weight excluding hydrogens is 136 g/mol. The molecule has 52 valence electrons. The second kappa shape index (κ2) is 3.52. The highest BCUT2D eigenvalue weighted by atomic mass is 32.2. The van der Waals surface area contributed by atoms with Gasteiger partial charge in [-0.1, -0.05) is 0 Å². The summed E-state index contributed by atoms with van der Waals surface area (Å²) >= 11 is 0. The second-order valence-corrected chi connectivity index (χ2v) is 4.20. The van der Waals surface area contributed by atoms with Crippen molar-refractivity contribution in [3.05, 3.63) is 0 Å². The summed E-state index contributed by atoms with van der Waals surface area (Å²) in [6.45, 7) is 0. The number of hydrogen-bond donors (Lipinski definition) is 0. The molecular formula is C6H10O2S. The zero-order valence-corrected chi connectivity index (χ0v) is 6.24. The number of rotatable bonds is 3. The van der Waals surface area contributed by atoms with Crippen molar-refractivity contribution in [1.29, 1.82) is 0 Å². The van der Waals surface area contributed by atoms with Crippen molar-refractivity contribution in [3.63, 3.8) is 0 Å². The topological polar surface area (TPSA) is 34.1 Å². The van der Waals surface area contributed by atoms with Crippen LogP contribution >= 0.6 is 0 Å². The molecule has 0 saturated carbocycles. The molecule has 0 bridgehead atoms. The lowest BCUT2D eigenvalue weighted by Gasteiger charge is -1.91. The molecule has 0 aliphatic rings. The van der Waals surface area contributed by atoms with Crippen molar-refractivity contribution in [2.45, 2.75) is 12.8 Å². The Morgan fingerprint density at radius 2 is 2.11 bits per heavy atom. The fourth-order valence-electron chi connectivity index (χ4n) is 0.436. The molecule has 3 heteroatoms. The first kappa shape index (κ1) is 8.51. The maximum Gasteiger partial charge on any atom is 0.147 e. The third kappa shape index (κ3) is 7.51. The summed E-state index contributed by atoms with van der Waals surface area (Å²) in [4.78, 5) is 0. The highest BCUT2D eigenvalue weighted by Crippen LogP contribution is 1.91. The first-order chi connectivity index (χ1) is 4.06. The predicted octanol–water partition coefficient (Wildman–Crippen LogP) is 0.444. The standard InChI is InChI=1S/C6H10O2S/c1-3-4-5-6-9(2,7)8/h1H,4-6H2,2H3. The molecule has 2 nitrogen and oxygen atoms in total. The minimum atomic E-state index is -2.79. The van der Waals surface area contributed by atoms with E-state index in [9.17, 15) is 8.42 Å². The SMILES string of the molecule is C#CCCCS(C)(=O)=O. The summed E-state index contributed by atoms with van der Waals surface area (Å²) in [7, 11) is -2.79. The maximum atomic E-state index is 10.4. The zero-order valence-electron chi connectivity index (χ0n) is 5.42. The molecule has 0 amide bonds. The van der Waals surface area contributed by atoms with Gasteiger partial charge >= 0.3 is 0 Å². The van der Waals surface area contributed by atoms with Crippen LogP contribution in [-0.2, 0) is 9.84 Å². The smallest absolute Gasteiger partial charge is 0.147 e. The van der Waals surface area contributed by atoms with E-state index in [-0.39, 0.29) is 5.75 Å². The molecule has 0 aliphatic carbocycles. The molecule has 9 heavy (non-hydrogen) atoms. The minimum absolute atomic E-state index is 0.206. The van der Waals surface area contributed by atoms with E-state index < -0.39 is 9.84 Å². The Bertz CT molecular complexity index is 196. The van der Waals surface area contributed by atoms with Gasteiger partial charge in [-0.05, 0) is 6.42 Å². The van der Waals surface area contributed by atoms with Gasteiger partial charge in [-0.3, -0.25) is 0 Å². The van der Waals surface area contributed by atoms with Gasteiger partial charge in [-0.15, -0.1) is 12.3 Å². The molecule has 0 unspecified atom stereocenters. The Morgan fingerprint density at radius 3 is 2.44 bits per heavy atom. The Balaban J connectivity index is 3.44. The van der Waals surface area contributed by atoms with Crippen LogP contribution in [-0.4, -0.2) is 20.4 Å². The largest absolute Gasteiger partial charge is 0.229 e. The Morgan fingerprint density at radius 1 is 1.56 bits per heavy atom. The van der Waals surface area contributed by atoms with Gasteiger partial charge in [0.25, 0.3) is 0 Å². The van der Waals surface area contributed by atoms with Crippen LogP contribution in [0.3, 0.4) is 0 Å². The van der Waals surface area contributed by atoms with Crippen molar-refractivity contribution in [2.24, 2.45) is 0 Å². The predicted molar refractivity (Wildman–Crippen MR) is 37.8 cm³/mol. The van der Waals surface area contributed by atoms with E-state index in [1.165, 1.54) is 6.26 Å². The monoisotopic (exact) mass is 146 g/mol. The molecule has 0 aromatic heterocycles. The lowest BCUT2D eigenvalue weighted by molar-refractivity contribution is 0.599. The van der Waals surface area contributed by atoms with Crippen LogP contribution in [0.5, 0.6) is 0 Å². The van der Waals surface area contributed by atoms with E-state index in [2.05, 4.69) is 5.92 Å². The molecule has 0 spiro atoms. The summed E-state index contributed by atoms with van der Waals surface area (Å²) in [5, 5.41) is 0. The van der Waals surface area contributed by atoms with Gasteiger partial charge in [0, 0.05) is 12.7 Å². The Labute approximate surface area is 56.2 Å². The van der Waals surface area contributed by atoms with Gasteiger partial charge < -0.3 is 0 Å². The quantitative estimate of drug-likeness (QED) is 0.428. The van der Waals surface area contributed by atoms with Crippen LogP contribution in [0.1, 0.15) is 12.8 Å².